The summed E-state index contributed by atoms with van der Waals surface area (Å²) in [6.45, 7) is 11.3. The first kappa shape index (κ1) is 21.4. The van der Waals surface area contributed by atoms with Crippen LogP contribution < -0.4 is 4.90 Å². The maximum absolute atomic E-state index is 11.8. The second kappa shape index (κ2) is 8.04. The van der Waals surface area contributed by atoms with Crippen LogP contribution in [0.15, 0.2) is 23.1 Å². The molecule has 0 saturated carbocycles. The number of benzene rings is 1. The van der Waals surface area contributed by atoms with Crippen LogP contribution in [0.4, 0.5) is 10.5 Å². The van der Waals surface area contributed by atoms with Crippen LogP contribution in [0.5, 0.6) is 0 Å². The van der Waals surface area contributed by atoms with Crippen molar-refractivity contribution in [1.29, 1.82) is 0 Å². The van der Waals surface area contributed by atoms with E-state index in [0.717, 1.165) is 69.9 Å². The van der Waals surface area contributed by atoms with Gasteiger partial charge in [-0.05, 0) is 56.4 Å². The summed E-state index contributed by atoms with van der Waals surface area (Å²) in [6.07, 6.45) is 3.20. The number of carbonyl (C=O) groups excluding carboxylic acids is 1. The van der Waals surface area contributed by atoms with Crippen molar-refractivity contribution in [2.75, 3.05) is 63.6 Å². The molecule has 0 N–H and O–H groups in total. The molecule has 166 valence electrons. The van der Waals surface area contributed by atoms with E-state index in [0.29, 0.717) is 22.8 Å². The lowest BCUT2D eigenvalue weighted by Gasteiger charge is -2.61. The number of likely N-dealkylation sites (tertiary alicyclic amines) is 2. The Bertz CT molecular complexity index is 895. The fraction of sp³-hybridized carbons (Fsp3) is 0.682. The average Bonchev–Trinajstić information content (AvgIpc) is 2.62. The lowest BCUT2D eigenvalue weighted by molar-refractivity contribution is -0.0354. The number of carbonyl (C=O) groups is 1. The van der Waals surface area contributed by atoms with Gasteiger partial charge in [0.25, 0.3) is 0 Å². The third kappa shape index (κ3) is 4.30. The SMILES string of the molecule is CCOC(=O)N1CCC(CN2CC3(C2)CN(c2ccc(S(C)(=O)=O)c(C)c2)C3)CC1. The molecule has 3 saturated heterocycles. The minimum atomic E-state index is -3.17. The molecule has 0 atom stereocenters. The summed E-state index contributed by atoms with van der Waals surface area (Å²) < 4.78 is 28.7. The van der Waals surface area contributed by atoms with Crippen LogP contribution in [0, 0.1) is 18.3 Å². The van der Waals surface area contributed by atoms with Gasteiger partial charge in [0.2, 0.25) is 0 Å². The second-order valence-electron chi connectivity index (χ2n) is 9.38. The highest BCUT2D eigenvalue weighted by molar-refractivity contribution is 7.90. The first-order chi connectivity index (χ1) is 14.2. The van der Waals surface area contributed by atoms with Gasteiger partial charge in [-0.2, -0.15) is 0 Å². The first-order valence-corrected chi connectivity index (χ1v) is 12.8. The zero-order valence-electron chi connectivity index (χ0n) is 18.3. The van der Waals surface area contributed by atoms with E-state index in [-0.39, 0.29) is 6.09 Å². The first-order valence-electron chi connectivity index (χ1n) is 10.9. The van der Waals surface area contributed by atoms with Crippen molar-refractivity contribution in [3.63, 3.8) is 0 Å². The van der Waals surface area contributed by atoms with E-state index in [9.17, 15) is 13.2 Å². The van der Waals surface area contributed by atoms with E-state index in [2.05, 4.69) is 9.80 Å². The van der Waals surface area contributed by atoms with Crippen molar-refractivity contribution in [2.24, 2.45) is 11.3 Å². The molecule has 0 aliphatic carbocycles. The quantitative estimate of drug-likeness (QED) is 0.707. The van der Waals surface area contributed by atoms with Gasteiger partial charge in [0.05, 0.1) is 11.5 Å². The number of anilines is 1. The molecule has 0 aromatic heterocycles. The summed E-state index contributed by atoms with van der Waals surface area (Å²) >= 11 is 0. The molecule has 0 bridgehead atoms. The van der Waals surface area contributed by atoms with E-state index in [1.54, 1.807) is 6.07 Å². The lowest BCUT2D eigenvalue weighted by Crippen LogP contribution is -2.72. The Kier molecular flexibility index (Phi) is 5.74. The van der Waals surface area contributed by atoms with Crippen LogP contribution in [0.3, 0.4) is 0 Å². The summed E-state index contributed by atoms with van der Waals surface area (Å²) in [4.78, 5) is 19.0. The monoisotopic (exact) mass is 435 g/mol. The molecular formula is C22H33N3O4S. The van der Waals surface area contributed by atoms with E-state index in [1.807, 2.05) is 30.9 Å². The highest BCUT2D eigenvalue weighted by Gasteiger charge is 2.51. The van der Waals surface area contributed by atoms with Crippen LogP contribution in [0.2, 0.25) is 0 Å². The number of rotatable bonds is 5. The van der Waals surface area contributed by atoms with Crippen LogP contribution in [-0.2, 0) is 14.6 Å². The van der Waals surface area contributed by atoms with Gasteiger partial charge < -0.3 is 19.4 Å². The number of sulfone groups is 1. The van der Waals surface area contributed by atoms with Crippen LogP contribution >= 0.6 is 0 Å². The van der Waals surface area contributed by atoms with Gasteiger partial charge in [0.15, 0.2) is 9.84 Å². The van der Waals surface area contributed by atoms with Crippen LogP contribution in [0.25, 0.3) is 0 Å². The molecule has 3 heterocycles. The molecule has 30 heavy (non-hydrogen) atoms. The van der Waals surface area contributed by atoms with E-state index in [1.165, 1.54) is 6.26 Å². The fourth-order valence-electron chi connectivity index (χ4n) is 5.30. The van der Waals surface area contributed by atoms with Gasteiger partial charge in [-0.25, -0.2) is 13.2 Å². The van der Waals surface area contributed by atoms with Crippen molar-refractivity contribution in [3.05, 3.63) is 23.8 Å². The van der Waals surface area contributed by atoms with Gasteiger partial charge >= 0.3 is 6.09 Å². The van der Waals surface area contributed by atoms with Crippen molar-refractivity contribution in [3.8, 4) is 0 Å². The Balaban J connectivity index is 1.21. The van der Waals surface area contributed by atoms with Crippen LogP contribution in [0.1, 0.15) is 25.3 Å². The van der Waals surface area contributed by atoms with Gasteiger partial charge in [-0.15, -0.1) is 0 Å². The molecule has 0 unspecified atom stereocenters. The van der Waals surface area contributed by atoms with Gasteiger partial charge in [-0.1, -0.05) is 0 Å². The number of piperidine rings is 1. The number of hydrogen-bond donors (Lipinski definition) is 0. The molecule has 1 amide bonds. The third-order valence-corrected chi connectivity index (χ3v) is 8.01. The van der Waals surface area contributed by atoms with E-state index in [4.69, 9.17) is 4.74 Å². The highest BCUT2D eigenvalue weighted by Crippen LogP contribution is 2.43. The molecule has 3 aliphatic heterocycles. The molecule has 3 fully saturated rings. The standard InChI is InChI=1S/C22H33N3O4S/c1-4-29-21(26)24-9-7-18(8-10-24)12-23-13-22(14-23)15-25(16-22)19-5-6-20(17(2)11-19)30(3,27)28/h5-6,11,18H,4,7-10,12-16H2,1-3H3. The maximum Gasteiger partial charge on any atom is 0.409 e. The number of nitrogens with zero attached hydrogens (tertiary/aromatic N) is 3. The predicted molar refractivity (Wildman–Crippen MR) is 117 cm³/mol. The van der Waals surface area contributed by atoms with Gasteiger partial charge in [0.1, 0.15) is 0 Å². The lowest BCUT2D eigenvalue weighted by atomic mass is 9.72. The summed E-state index contributed by atoms with van der Waals surface area (Å²) in [6, 6.07) is 5.67. The summed E-state index contributed by atoms with van der Waals surface area (Å²) in [5.74, 6) is 0.662. The predicted octanol–water partition coefficient (Wildman–Crippen LogP) is 2.39. The topological polar surface area (TPSA) is 70.2 Å². The molecule has 1 aromatic rings. The van der Waals surface area contributed by atoms with Crippen molar-refractivity contribution in [1.82, 2.24) is 9.80 Å². The molecule has 4 rings (SSSR count). The normalized spacial score (nSPS) is 22.0. The molecule has 1 spiro atoms. The molecule has 3 aliphatic rings. The Morgan fingerprint density at radius 1 is 1.17 bits per heavy atom. The van der Waals surface area contributed by atoms with Crippen molar-refractivity contribution < 1.29 is 17.9 Å². The van der Waals surface area contributed by atoms with Crippen LogP contribution in [-0.4, -0.2) is 83.0 Å². The van der Waals surface area contributed by atoms with Crippen molar-refractivity contribution in [2.45, 2.75) is 31.6 Å². The zero-order chi connectivity index (χ0) is 21.5. The molecule has 7 nitrogen and oxygen atoms in total. The number of hydrogen-bond acceptors (Lipinski definition) is 6. The number of ether oxygens (including phenoxy) is 1. The summed E-state index contributed by atoms with van der Waals surface area (Å²) in [5, 5.41) is 0. The zero-order valence-corrected chi connectivity index (χ0v) is 19.1. The minimum absolute atomic E-state index is 0.173. The molecule has 8 heteroatoms. The Labute approximate surface area is 179 Å². The second-order valence-corrected chi connectivity index (χ2v) is 11.4. The van der Waals surface area contributed by atoms with Gasteiger partial charge in [-0.3, -0.25) is 0 Å². The Morgan fingerprint density at radius 3 is 2.40 bits per heavy atom. The number of aryl methyl sites for hydroxylation is 1. The third-order valence-electron chi connectivity index (χ3n) is 6.75. The van der Waals surface area contributed by atoms with Crippen molar-refractivity contribution >= 4 is 21.6 Å². The Hall–Kier alpha value is -1.80. The summed E-state index contributed by atoms with van der Waals surface area (Å²) in [7, 11) is -3.17. The Morgan fingerprint density at radius 2 is 1.83 bits per heavy atom. The number of amides is 1. The molecular weight excluding hydrogens is 402 g/mol. The molecule has 0 radical (unpaired) electrons. The minimum Gasteiger partial charge on any atom is -0.450 e. The highest BCUT2D eigenvalue weighted by atomic mass is 32.2. The maximum atomic E-state index is 11.8. The fourth-order valence-corrected chi connectivity index (χ4v) is 6.26. The summed E-state index contributed by atoms with van der Waals surface area (Å²) in [5.41, 5.74) is 2.34. The van der Waals surface area contributed by atoms with E-state index >= 15 is 0 Å². The smallest absolute Gasteiger partial charge is 0.409 e. The largest absolute Gasteiger partial charge is 0.450 e. The average molecular weight is 436 g/mol. The van der Waals surface area contributed by atoms with E-state index < -0.39 is 9.84 Å². The molecule has 1 aromatic carbocycles. The van der Waals surface area contributed by atoms with Gasteiger partial charge in [0, 0.05) is 63.2 Å².